The van der Waals surface area contributed by atoms with E-state index in [0.717, 1.165) is 37.3 Å². The van der Waals surface area contributed by atoms with Crippen molar-refractivity contribution in [2.24, 2.45) is 5.73 Å². The minimum absolute atomic E-state index is 0.513. The van der Waals surface area contributed by atoms with E-state index < -0.39 is 0 Å². The van der Waals surface area contributed by atoms with Crippen molar-refractivity contribution < 1.29 is 4.74 Å². The van der Waals surface area contributed by atoms with Gasteiger partial charge in [-0.1, -0.05) is 0 Å². The van der Waals surface area contributed by atoms with Crippen LogP contribution in [0.4, 0.5) is 0 Å². The summed E-state index contributed by atoms with van der Waals surface area (Å²) in [7, 11) is 2.20. The molecule has 20 heavy (non-hydrogen) atoms. The molecule has 0 radical (unpaired) electrons. The molecule has 0 aromatic carbocycles. The molecule has 1 aromatic rings. The summed E-state index contributed by atoms with van der Waals surface area (Å²) in [6.45, 7) is 2.47. The fourth-order valence-electron chi connectivity index (χ4n) is 3.41. The monoisotopic (exact) mass is 275 g/mol. The summed E-state index contributed by atoms with van der Waals surface area (Å²) < 4.78 is 5.95. The Hall–Kier alpha value is -1.13. The van der Waals surface area contributed by atoms with Gasteiger partial charge in [0.15, 0.2) is 0 Å². The van der Waals surface area contributed by atoms with Crippen LogP contribution in [0.3, 0.4) is 0 Å². The van der Waals surface area contributed by atoms with E-state index in [1.165, 1.54) is 37.1 Å². The standard InChI is InChI=1S/C16H25N3O/c1-19-8-3-5-14(19)7-9-20-16-13(11-17)10-12-4-2-6-15(12)18-16/h10,14H,2-9,11,17H2,1H3. The molecule has 1 unspecified atom stereocenters. The Kier molecular flexibility index (Phi) is 4.22. The van der Waals surface area contributed by atoms with Gasteiger partial charge >= 0.3 is 0 Å². The van der Waals surface area contributed by atoms with E-state index in [1.54, 1.807) is 0 Å². The number of aryl methyl sites for hydroxylation is 2. The number of hydrogen-bond donors (Lipinski definition) is 1. The smallest absolute Gasteiger partial charge is 0.218 e. The van der Waals surface area contributed by atoms with Crippen LogP contribution >= 0.6 is 0 Å². The zero-order valence-electron chi connectivity index (χ0n) is 12.4. The minimum Gasteiger partial charge on any atom is -0.477 e. The van der Waals surface area contributed by atoms with E-state index in [1.807, 2.05) is 0 Å². The van der Waals surface area contributed by atoms with Crippen molar-refractivity contribution in [3.63, 3.8) is 0 Å². The predicted octanol–water partition coefficient (Wildman–Crippen LogP) is 1.89. The quantitative estimate of drug-likeness (QED) is 0.891. The minimum atomic E-state index is 0.513. The lowest BCUT2D eigenvalue weighted by molar-refractivity contribution is 0.227. The Labute approximate surface area is 121 Å². The van der Waals surface area contributed by atoms with E-state index in [4.69, 9.17) is 15.5 Å². The Balaban J connectivity index is 1.62. The molecule has 4 heteroatoms. The largest absolute Gasteiger partial charge is 0.477 e. The van der Waals surface area contributed by atoms with Gasteiger partial charge in [-0.15, -0.1) is 0 Å². The molecule has 3 rings (SSSR count). The van der Waals surface area contributed by atoms with Crippen molar-refractivity contribution in [3.8, 4) is 5.88 Å². The van der Waals surface area contributed by atoms with Crippen molar-refractivity contribution in [2.75, 3.05) is 20.2 Å². The molecule has 1 aliphatic carbocycles. The van der Waals surface area contributed by atoms with Crippen LogP contribution in [0.1, 0.15) is 42.5 Å². The number of fused-ring (bicyclic) bond motifs is 1. The van der Waals surface area contributed by atoms with Gasteiger partial charge in [-0.3, -0.25) is 0 Å². The van der Waals surface area contributed by atoms with Crippen molar-refractivity contribution in [1.29, 1.82) is 0 Å². The number of nitrogens with zero attached hydrogens (tertiary/aromatic N) is 2. The molecule has 0 bridgehead atoms. The molecule has 4 nitrogen and oxygen atoms in total. The summed E-state index contributed by atoms with van der Waals surface area (Å²) in [6.07, 6.45) is 7.12. The highest BCUT2D eigenvalue weighted by atomic mass is 16.5. The maximum absolute atomic E-state index is 5.95. The normalized spacial score (nSPS) is 22.2. The highest BCUT2D eigenvalue weighted by Crippen LogP contribution is 2.27. The molecule has 0 amide bonds. The third kappa shape index (κ3) is 2.81. The average molecular weight is 275 g/mol. The lowest BCUT2D eigenvalue weighted by Gasteiger charge is -2.19. The summed E-state index contributed by atoms with van der Waals surface area (Å²) in [5.74, 6) is 0.772. The van der Waals surface area contributed by atoms with Gasteiger partial charge in [-0.25, -0.2) is 4.98 Å². The number of likely N-dealkylation sites (tertiary alicyclic amines) is 1. The first kappa shape index (κ1) is 13.8. The third-order valence-electron chi connectivity index (χ3n) is 4.67. The van der Waals surface area contributed by atoms with Gasteiger partial charge in [-0.2, -0.15) is 0 Å². The number of hydrogen-bond acceptors (Lipinski definition) is 4. The van der Waals surface area contributed by atoms with E-state index >= 15 is 0 Å². The fraction of sp³-hybridized carbons (Fsp3) is 0.688. The lowest BCUT2D eigenvalue weighted by Crippen LogP contribution is -2.26. The van der Waals surface area contributed by atoms with Crippen LogP contribution in [0.25, 0.3) is 0 Å². The highest BCUT2D eigenvalue weighted by Gasteiger charge is 2.21. The van der Waals surface area contributed by atoms with Crippen molar-refractivity contribution >= 4 is 0 Å². The van der Waals surface area contributed by atoms with Crippen LogP contribution in [0.5, 0.6) is 5.88 Å². The molecule has 1 fully saturated rings. The molecule has 2 N–H and O–H groups in total. The Morgan fingerprint density at radius 2 is 2.30 bits per heavy atom. The van der Waals surface area contributed by atoms with Gasteiger partial charge in [0, 0.05) is 23.8 Å². The van der Waals surface area contributed by atoms with Crippen LogP contribution in [-0.4, -0.2) is 36.1 Å². The molecule has 2 heterocycles. The summed E-state index contributed by atoms with van der Waals surface area (Å²) >= 11 is 0. The molecular formula is C16H25N3O. The zero-order chi connectivity index (χ0) is 13.9. The number of nitrogens with two attached hydrogens (primary N) is 1. The van der Waals surface area contributed by atoms with Crippen molar-refractivity contribution in [3.05, 3.63) is 22.9 Å². The number of aromatic nitrogens is 1. The second-order valence-electron chi connectivity index (χ2n) is 6.03. The van der Waals surface area contributed by atoms with E-state index in [0.29, 0.717) is 12.6 Å². The van der Waals surface area contributed by atoms with E-state index in [-0.39, 0.29) is 0 Å². The molecule has 2 aliphatic rings. The SMILES string of the molecule is CN1CCCC1CCOc1nc2c(cc1CN)CCC2. The first-order chi connectivity index (χ1) is 9.78. The van der Waals surface area contributed by atoms with Crippen LogP contribution in [0.2, 0.25) is 0 Å². The van der Waals surface area contributed by atoms with E-state index in [9.17, 15) is 0 Å². The second-order valence-corrected chi connectivity index (χ2v) is 6.03. The first-order valence-electron chi connectivity index (χ1n) is 7.82. The molecule has 1 aliphatic heterocycles. The highest BCUT2D eigenvalue weighted by molar-refractivity contribution is 5.36. The molecule has 1 atom stereocenters. The second kappa shape index (κ2) is 6.10. The molecule has 110 valence electrons. The van der Waals surface area contributed by atoms with Crippen LogP contribution in [0.15, 0.2) is 6.07 Å². The van der Waals surface area contributed by atoms with Gasteiger partial charge < -0.3 is 15.4 Å². The number of rotatable bonds is 5. The fourth-order valence-corrected chi connectivity index (χ4v) is 3.41. The first-order valence-corrected chi connectivity index (χ1v) is 7.82. The Morgan fingerprint density at radius 3 is 3.05 bits per heavy atom. The molecule has 0 saturated carbocycles. The average Bonchev–Trinajstić information content (AvgIpc) is 3.06. The summed E-state index contributed by atoms with van der Waals surface area (Å²) in [5, 5.41) is 0. The lowest BCUT2D eigenvalue weighted by atomic mass is 10.1. The Bertz CT molecular complexity index is 475. The van der Waals surface area contributed by atoms with Gasteiger partial charge in [0.1, 0.15) is 0 Å². The van der Waals surface area contributed by atoms with Gasteiger partial charge in [0.2, 0.25) is 5.88 Å². The molecule has 1 saturated heterocycles. The maximum atomic E-state index is 5.95. The predicted molar refractivity (Wildman–Crippen MR) is 79.9 cm³/mol. The maximum Gasteiger partial charge on any atom is 0.218 e. The summed E-state index contributed by atoms with van der Waals surface area (Å²) in [4.78, 5) is 7.13. The van der Waals surface area contributed by atoms with Gasteiger partial charge in [0.25, 0.3) is 0 Å². The molecule has 1 aromatic heterocycles. The molecular weight excluding hydrogens is 250 g/mol. The number of ether oxygens (including phenoxy) is 1. The summed E-state index contributed by atoms with van der Waals surface area (Å²) in [5.41, 5.74) is 9.48. The van der Waals surface area contributed by atoms with Crippen LogP contribution in [-0.2, 0) is 19.4 Å². The summed E-state index contributed by atoms with van der Waals surface area (Å²) in [6, 6.07) is 2.87. The Morgan fingerprint density at radius 1 is 1.40 bits per heavy atom. The number of pyridine rings is 1. The van der Waals surface area contributed by atoms with Crippen molar-refractivity contribution in [2.45, 2.75) is 51.1 Å². The van der Waals surface area contributed by atoms with Gasteiger partial charge in [-0.05, 0) is 63.7 Å². The molecule has 0 spiro atoms. The van der Waals surface area contributed by atoms with Crippen LogP contribution in [0, 0.1) is 0 Å². The van der Waals surface area contributed by atoms with Crippen molar-refractivity contribution in [1.82, 2.24) is 9.88 Å². The topological polar surface area (TPSA) is 51.4 Å². The third-order valence-corrected chi connectivity index (χ3v) is 4.67. The van der Waals surface area contributed by atoms with Crippen LogP contribution < -0.4 is 10.5 Å². The van der Waals surface area contributed by atoms with Gasteiger partial charge in [0.05, 0.1) is 6.61 Å². The zero-order valence-corrected chi connectivity index (χ0v) is 12.4. The van der Waals surface area contributed by atoms with E-state index in [2.05, 4.69) is 18.0 Å².